The van der Waals surface area contributed by atoms with Crippen LogP contribution in [0, 0.1) is 0 Å². The van der Waals surface area contributed by atoms with Crippen LogP contribution < -0.4 is 0 Å². The van der Waals surface area contributed by atoms with Crippen molar-refractivity contribution < 1.29 is 8.42 Å². The van der Waals surface area contributed by atoms with Gasteiger partial charge in [0, 0.05) is 16.1 Å². The molecule has 74 valence electrons. The van der Waals surface area contributed by atoms with Gasteiger partial charge in [-0.2, -0.15) is 5.10 Å². The lowest BCUT2D eigenvalue weighted by Gasteiger charge is -1.98. The predicted octanol–water partition coefficient (Wildman–Crippen LogP) is 1.63. The summed E-state index contributed by atoms with van der Waals surface area (Å²) >= 11 is 0. The second-order valence-corrected chi connectivity index (χ2v) is 5.71. The molecule has 14 heavy (non-hydrogen) atoms. The van der Waals surface area contributed by atoms with Gasteiger partial charge in [0.05, 0.1) is 17.5 Å². The molecule has 0 fully saturated rings. The maximum absolute atomic E-state index is 10.9. The molecule has 1 heterocycles. The van der Waals surface area contributed by atoms with Crippen molar-refractivity contribution in [2.75, 3.05) is 0 Å². The van der Waals surface area contributed by atoms with Crippen LogP contribution in [0.3, 0.4) is 0 Å². The molecule has 6 heteroatoms. The van der Waals surface area contributed by atoms with Gasteiger partial charge in [-0.05, 0) is 5.56 Å². The first-order chi connectivity index (χ1) is 6.56. The largest absolute Gasteiger partial charge is 0.278 e. The van der Waals surface area contributed by atoms with E-state index in [1.165, 1.54) is 0 Å². The topological polar surface area (TPSA) is 62.8 Å². The summed E-state index contributed by atoms with van der Waals surface area (Å²) in [4.78, 5) is 0. The molecular formula is C8H7ClN2O2S. The van der Waals surface area contributed by atoms with Gasteiger partial charge in [0.1, 0.15) is 0 Å². The molecule has 0 aliphatic carbocycles. The van der Waals surface area contributed by atoms with Crippen molar-refractivity contribution in [3.05, 3.63) is 30.0 Å². The molecule has 2 aromatic rings. The Morgan fingerprint density at radius 2 is 2.21 bits per heavy atom. The molecule has 0 saturated carbocycles. The number of aromatic nitrogens is 2. The predicted molar refractivity (Wildman–Crippen MR) is 54.6 cm³/mol. The third kappa shape index (κ3) is 1.88. The Bertz CT molecular complexity index is 561. The molecule has 0 atom stereocenters. The van der Waals surface area contributed by atoms with Crippen molar-refractivity contribution in [2.45, 2.75) is 5.75 Å². The zero-order valence-corrected chi connectivity index (χ0v) is 8.64. The summed E-state index contributed by atoms with van der Waals surface area (Å²) in [5.41, 5.74) is 1.35. The molecule has 2 rings (SSSR count). The second kappa shape index (κ2) is 3.25. The fourth-order valence-electron chi connectivity index (χ4n) is 1.34. The summed E-state index contributed by atoms with van der Waals surface area (Å²) in [5.74, 6) is -0.186. The SMILES string of the molecule is O=S(=O)(Cl)Cc1cccc2cn[nH]c12. The minimum atomic E-state index is -3.52. The van der Waals surface area contributed by atoms with E-state index in [0.29, 0.717) is 5.56 Å². The van der Waals surface area contributed by atoms with Crippen LogP contribution in [0.2, 0.25) is 0 Å². The number of nitrogens with one attached hydrogen (secondary N) is 1. The lowest BCUT2D eigenvalue weighted by molar-refractivity contribution is 0.609. The number of rotatable bonds is 2. The highest BCUT2D eigenvalue weighted by atomic mass is 35.7. The van der Waals surface area contributed by atoms with E-state index in [1.807, 2.05) is 6.07 Å². The zero-order chi connectivity index (χ0) is 10.2. The molecule has 0 amide bonds. The Hall–Kier alpha value is -1.07. The number of aromatic amines is 1. The lowest BCUT2D eigenvalue weighted by Crippen LogP contribution is -1.95. The van der Waals surface area contributed by atoms with Crippen LogP contribution in [-0.4, -0.2) is 18.6 Å². The highest BCUT2D eigenvalue weighted by Gasteiger charge is 2.10. The number of fused-ring (bicyclic) bond motifs is 1. The van der Waals surface area contributed by atoms with Gasteiger partial charge in [-0.1, -0.05) is 18.2 Å². The van der Waals surface area contributed by atoms with Crippen LogP contribution in [0.4, 0.5) is 0 Å². The Balaban J connectivity index is 2.57. The van der Waals surface area contributed by atoms with Gasteiger partial charge in [0.15, 0.2) is 0 Å². The van der Waals surface area contributed by atoms with Gasteiger partial charge < -0.3 is 0 Å². The summed E-state index contributed by atoms with van der Waals surface area (Å²) in [6.07, 6.45) is 1.64. The molecule has 0 aliphatic rings. The average molecular weight is 231 g/mol. The highest BCUT2D eigenvalue weighted by Crippen LogP contribution is 2.19. The summed E-state index contributed by atoms with van der Waals surface area (Å²) in [7, 11) is 1.65. The number of halogens is 1. The first-order valence-corrected chi connectivity index (χ1v) is 6.37. The Labute approximate surface area is 85.3 Å². The standard InChI is InChI=1S/C8H7ClN2O2S/c9-14(12,13)5-7-3-1-2-6-4-10-11-8(6)7/h1-4H,5H2,(H,10,11). The van der Waals surface area contributed by atoms with E-state index in [4.69, 9.17) is 10.7 Å². The zero-order valence-electron chi connectivity index (χ0n) is 7.07. The summed E-state index contributed by atoms with van der Waals surface area (Å²) in [5, 5.41) is 7.44. The van der Waals surface area contributed by atoms with Crippen molar-refractivity contribution in [1.29, 1.82) is 0 Å². The van der Waals surface area contributed by atoms with Crippen LogP contribution >= 0.6 is 10.7 Å². The third-order valence-corrected chi connectivity index (χ3v) is 2.87. The van der Waals surface area contributed by atoms with Crippen molar-refractivity contribution in [1.82, 2.24) is 10.2 Å². The van der Waals surface area contributed by atoms with E-state index in [9.17, 15) is 8.42 Å². The van der Waals surface area contributed by atoms with Crippen LogP contribution in [0.1, 0.15) is 5.56 Å². The number of H-pyrrole nitrogens is 1. The van der Waals surface area contributed by atoms with Gasteiger partial charge in [-0.3, -0.25) is 5.10 Å². The van der Waals surface area contributed by atoms with Gasteiger partial charge in [-0.15, -0.1) is 0 Å². The van der Waals surface area contributed by atoms with Gasteiger partial charge in [0.2, 0.25) is 9.05 Å². The summed E-state index contributed by atoms with van der Waals surface area (Å²) in [6, 6.07) is 5.33. The molecule has 0 bridgehead atoms. The van der Waals surface area contributed by atoms with Gasteiger partial charge in [0.25, 0.3) is 0 Å². The third-order valence-electron chi connectivity index (χ3n) is 1.89. The normalized spacial score (nSPS) is 12.1. The van der Waals surface area contributed by atoms with Gasteiger partial charge in [-0.25, -0.2) is 8.42 Å². The van der Waals surface area contributed by atoms with Crippen LogP contribution in [0.15, 0.2) is 24.4 Å². The van der Waals surface area contributed by atoms with E-state index in [0.717, 1.165) is 10.9 Å². The Morgan fingerprint density at radius 3 is 2.93 bits per heavy atom. The van der Waals surface area contributed by atoms with Crippen LogP contribution in [0.5, 0.6) is 0 Å². The van der Waals surface area contributed by atoms with Crippen molar-refractivity contribution in [2.24, 2.45) is 0 Å². The second-order valence-electron chi connectivity index (χ2n) is 2.93. The molecular weight excluding hydrogens is 224 g/mol. The van der Waals surface area contributed by atoms with Gasteiger partial charge >= 0.3 is 0 Å². The maximum Gasteiger partial charge on any atom is 0.236 e. The molecule has 0 aliphatic heterocycles. The fraction of sp³-hybridized carbons (Fsp3) is 0.125. The smallest absolute Gasteiger partial charge is 0.236 e. The maximum atomic E-state index is 10.9. The minimum Gasteiger partial charge on any atom is -0.278 e. The molecule has 1 N–H and O–H groups in total. The number of hydrogen-bond donors (Lipinski definition) is 1. The molecule has 4 nitrogen and oxygen atoms in total. The Kier molecular flexibility index (Phi) is 2.20. The molecule has 1 aromatic carbocycles. The van der Waals surface area contributed by atoms with E-state index in [2.05, 4.69) is 10.2 Å². The fourth-order valence-corrected chi connectivity index (χ4v) is 2.30. The highest BCUT2D eigenvalue weighted by molar-refractivity contribution is 8.13. The van der Waals surface area contributed by atoms with Crippen molar-refractivity contribution in [3.63, 3.8) is 0 Å². The van der Waals surface area contributed by atoms with E-state index in [1.54, 1.807) is 18.3 Å². The average Bonchev–Trinajstić information content (AvgIpc) is 2.49. The summed E-state index contributed by atoms with van der Waals surface area (Å²) < 4.78 is 21.8. The van der Waals surface area contributed by atoms with Crippen molar-refractivity contribution >= 4 is 30.6 Å². The molecule has 0 spiro atoms. The minimum absolute atomic E-state index is 0.186. The van der Waals surface area contributed by atoms with E-state index in [-0.39, 0.29) is 5.75 Å². The molecule has 0 saturated heterocycles. The number of benzene rings is 1. The molecule has 1 aromatic heterocycles. The number of nitrogens with zero attached hydrogens (tertiary/aromatic N) is 1. The first kappa shape index (κ1) is 9.48. The van der Waals surface area contributed by atoms with E-state index < -0.39 is 9.05 Å². The number of para-hydroxylation sites is 1. The Morgan fingerprint density at radius 1 is 1.43 bits per heavy atom. The molecule has 0 unspecified atom stereocenters. The number of hydrogen-bond acceptors (Lipinski definition) is 3. The summed E-state index contributed by atoms with van der Waals surface area (Å²) in [6.45, 7) is 0. The van der Waals surface area contributed by atoms with Crippen molar-refractivity contribution in [3.8, 4) is 0 Å². The van der Waals surface area contributed by atoms with E-state index >= 15 is 0 Å². The first-order valence-electron chi connectivity index (χ1n) is 3.89. The van der Waals surface area contributed by atoms with Crippen LogP contribution in [0.25, 0.3) is 10.9 Å². The van der Waals surface area contributed by atoms with Crippen LogP contribution in [-0.2, 0) is 14.8 Å². The molecule has 0 radical (unpaired) electrons. The lowest BCUT2D eigenvalue weighted by atomic mass is 10.2. The monoisotopic (exact) mass is 230 g/mol. The quantitative estimate of drug-likeness (QED) is 0.798.